The van der Waals surface area contributed by atoms with Crippen molar-refractivity contribution in [3.63, 3.8) is 0 Å². The lowest BCUT2D eigenvalue weighted by atomic mass is 10.0. The number of thioether (sulfide) groups is 1. The topological polar surface area (TPSA) is 97.6 Å². The lowest BCUT2D eigenvalue weighted by molar-refractivity contribution is -0.133. The molecule has 0 unspecified atom stereocenters. The predicted molar refractivity (Wildman–Crippen MR) is 107 cm³/mol. The molecule has 0 spiro atoms. The second-order valence-electron chi connectivity index (χ2n) is 7.33. The van der Waals surface area contributed by atoms with Crippen LogP contribution in [0.3, 0.4) is 0 Å². The second kappa shape index (κ2) is 8.86. The van der Waals surface area contributed by atoms with Gasteiger partial charge in [0.25, 0.3) is 5.22 Å². The minimum atomic E-state index is -0.0637. The van der Waals surface area contributed by atoms with E-state index in [9.17, 15) is 9.59 Å². The van der Waals surface area contributed by atoms with Crippen LogP contribution in [0.15, 0.2) is 33.9 Å². The summed E-state index contributed by atoms with van der Waals surface area (Å²) in [5.74, 6) is 1.85. The third-order valence-electron chi connectivity index (χ3n) is 5.17. The highest BCUT2D eigenvalue weighted by atomic mass is 32.2. The van der Waals surface area contributed by atoms with E-state index in [1.54, 1.807) is 7.11 Å². The molecule has 0 radical (unpaired) electrons. The van der Waals surface area contributed by atoms with Crippen molar-refractivity contribution in [3.05, 3.63) is 24.3 Å². The van der Waals surface area contributed by atoms with Gasteiger partial charge in [-0.2, -0.15) is 0 Å². The largest absolute Gasteiger partial charge is 0.497 e. The van der Waals surface area contributed by atoms with Crippen molar-refractivity contribution in [1.82, 2.24) is 20.4 Å². The number of nitrogens with one attached hydrogen (secondary N) is 1. The van der Waals surface area contributed by atoms with Crippen LogP contribution in [0.5, 0.6) is 5.75 Å². The standard InChI is InChI=1S/C20H24N4O4S/c1-27-16-6-4-13(5-7-16)18-22-23-20(28-18)29-12-17(25)21-15-8-10-24(11-9-15)19(26)14-2-3-14/h4-7,14-15H,2-3,8-12H2,1H3,(H,21,25). The van der Waals surface area contributed by atoms with Gasteiger partial charge in [-0.05, 0) is 49.9 Å². The molecule has 8 nitrogen and oxygen atoms in total. The molecule has 1 aliphatic carbocycles. The van der Waals surface area contributed by atoms with Crippen LogP contribution in [-0.2, 0) is 9.59 Å². The van der Waals surface area contributed by atoms with Crippen LogP contribution in [0.4, 0.5) is 0 Å². The molecule has 1 saturated heterocycles. The van der Waals surface area contributed by atoms with Gasteiger partial charge in [0.2, 0.25) is 17.7 Å². The third-order valence-corrected chi connectivity index (χ3v) is 5.99. The quantitative estimate of drug-likeness (QED) is 0.692. The van der Waals surface area contributed by atoms with E-state index in [4.69, 9.17) is 9.15 Å². The number of nitrogens with zero attached hydrogens (tertiary/aromatic N) is 3. The highest BCUT2D eigenvalue weighted by molar-refractivity contribution is 7.99. The van der Waals surface area contributed by atoms with Crippen LogP contribution < -0.4 is 10.1 Å². The summed E-state index contributed by atoms with van der Waals surface area (Å²) in [6.45, 7) is 1.45. The molecule has 2 aromatic rings. The summed E-state index contributed by atoms with van der Waals surface area (Å²) < 4.78 is 10.8. The fraction of sp³-hybridized carbons (Fsp3) is 0.500. The highest BCUT2D eigenvalue weighted by Gasteiger charge is 2.35. The minimum Gasteiger partial charge on any atom is -0.497 e. The molecule has 1 N–H and O–H groups in total. The number of hydrogen-bond acceptors (Lipinski definition) is 7. The zero-order valence-electron chi connectivity index (χ0n) is 16.3. The molecule has 1 aliphatic heterocycles. The summed E-state index contributed by atoms with van der Waals surface area (Å²) >= 11 is 1.22. The molecule has 2 aliphatic rings. The zero-order valence-corrected chi connectivity index (χ0v) is 17.1. The maximum atomic E-state index is 12.2. The van der Waals surface area contributed by atoms with Gasteiger partial charge >= 0.3 is 0 Å². The van der Waals surface area contributed by atoms with Gasteiger partial charge < -0.3 is 19.4 Å². The van der Waals surface area contributed by atoms with Crippen LogP contribution in [0, 0.1) is 5.92 Å². The summed E-state index contributed by atoms with van der Waals surface area (Å²) in [6, 6.07) is 7.44. The number of benzene rings is 1. The predicted octanol–water partition coefficient (Wildman–Crippen LogP) is 2.35. The molecule has 1 saturated carbocycles. The number of rotatable bonds is 7. The van der Waals surface area contributed by atoms with Gasteiger partial charge in [0.15, 0.2) is 0 Å². The Bertz CT molecular complexity index is 858. The van der Waals surface area contributed by atoms with E-state index in [-0.39, 0.29) is 29.5 Å². The molecular weight excluding hydrogens is 392 g/mol. The molecule has 2 heterocycles. The highest BCUT2D eigenvalue weighted by Crippen LogP contribution is 2.32. The van der Waals surface area contributed by atoms with Crippen molar-refractivity contribution < 1.29 is 18.7 Å². The van der Waals surface area contributed by atoms with E-state index in [1.165, 1.54) is 11.8 Å². The molecule has 154 valence electrons. The first-order valence-electron chi connectivity index (χ1n) is 9.81. The average Bonchev–Trinajstić information content (AvgIpc) is 3.50. The Morgan fingerprint density at radius 1 is 1.17 bits per heavy atom. The SMILES string of the molecule is COc1ccc(-c2nnc(SCC(=O)NC3CCN(C(=O)C4CC4)CC3)o2)cc1. The van der Waals surface area contributed by atoms with E-state index in [1.807, 2.05) is 29.2 Å². The van der Waals surface area contributed by atoms with Crippen molar-refractivity contribution in [1.29, 1.82) is 0 Å². The van der Waals surface area contributed by atoms with E-state index < -0.39 is 0 Å². The first kappa shape index (κ1) is 19.8. The van der Waals surface area contributed by atoms with Gasteiger partial charge in [0.1, 0.15) is 5.75 Å². The molecule has 0 bridgehead atoms. The molecule has 4 rings (SSSR count). The number of amides is 2. The van der Waals surface area contributed by atoms with Crippen LogP contribution in [0.25, 0.3) is 11.5 Å². The van der Waals surface area contributed by atoms with Crippen molar-refractivity contribution in [3.8, 4) is 17.2 Å². The van der Waals surface area contributed by atoms with Crippen LogP contribution in [-0.4, -0.2) is 58.9 Å². The number of likely N-dealkylation sites (tertiary alicyclic amines) is 1. The van der Waals surface area contributed by atoms with E-state index in [2.05, 4.69) is 15.5 Å². The molecule has 0 atom stereocenters. The first-order chi connectivity index (χ1) is 14.1. The summed E-state index contributed by atoms with van der Waals surface area (Å²) in [5, 5.41) is 11.4. The van der Waals surface area contributed by atoms with Gasteiger partial charge in [-0.1, -0.05) is 11.8 Å². The number of carbonyl (C=O) groups is 2. The van der Waals surface area contributed by atoms with Crippen molar-refractivity contribution in [2.75, 3.05) is 26.0 Å². The fourth-order valence-electron chi connectivity index (χ4n) is 3.35. The molecule has 1 aromatic carbocycles. The minimum absolute atomic E-state index is 0.0637. The van der Waals surface area contributed by atoms with Gasteiger partial charge in [-0.3, -0.25) is 9.59 Å². The Morgan fingerprint density at radius 3 is 2.55 bits per heavy atom. The maximum Gasteiger partial charge on any atom is 0.277 e. The summed E-state index contributed by atoms with van der Waals surface area (Å²) in [5.41, 5.74) is 0.794. The Morgan fingerprint density at radius 2 is 1.90 bits per heavy atom. The average molecular weight is 417 g/mol. The van der Waals surface area contributed by atoms with Crippen molar-refractivity contribution in [2.24, 2.45) is 5.92 Å². The Balaban J connectivity index is 1.21. The number of ether oxygens (including phenoxy) is 1. The molecule has 2 fully saturated rings. The van der Waals surface area contributed by atoms with Crippen LogP contribution >= 0.6 is 11.8 Å². The lowest BCUT2D eigenvalue weighted by Gasteiger charge is -2.32. The Labute approximate surface area is 173 Å². The van der Waals surface area contributed by atoms with Crippen LogP contribution in [0.1, 0.15) is 25.7 Å². The number of piperidine rings is 1. The van der Waals surface area contributed by atoms with E-state index in [0.29, 0.717) is 11.1 Å². The molecule has 29 heavy (non-hydrogen) atoms. The number of methoxy groups -OCH3 is 1. The molecule has 9 heteroatoms. The molecule has 2 amide bonds. The van der Waals surface area contributed by atoms with Crippen molar-refractivity contribution >= 4 is 23.6 Å². The number of carbonyl (C=O) groups excluding carboxylic acids is 2. The Hall–Kier alpha value is -2.55. The number of hydrogen-bond donors (Lipinski definition) is 1. The van der Waals surface area contributed by atoms with Gasteiger partial charge in [0, 0.05) is 30.6 Å². The third kappa shape index (κ3) is 5.09. The van der Waals surface area contributed by atoms with Gasteiger partial charge in [-0.15, -0.1) is 10.2 Å². The maximum absolute atomic E-state index is 12.2. The molecular formula is C20H24N4O4S. The Kier molecular flexibility index (Phi) is 6.03. The van der Waals surface area contributed by atoms with E-state index in [0.717, 1.165) is 50.1 Å². The summed E-state index contributed by atoms with van der Waals surface area (Å²) in [7, 11) is 1.61. The zero-order chi connectivity index (χ0) is 20.2. The lowest BCUT2D eigenvalue weighted by Crippen LogP contribution is -2.47. The van der Waals surface area contributed by atoms with E-state index >= 15 is 0 Å². The number of aromatic nitrogens is 2. The van der Waals surface area contributed by atoms with Crippen LogP contribution in [0.2, 0.25) is 0 Å². The van der Waals surface area contributed by atoms with Crippen molar-refractivity contribution in [2.45, 2.75) is 36.9 Å². The fourth-order valence-corrected chi connectivity index (χ4v) is 3.92. The summed E-state index contributed by atoms with van der Waals surface area (Å²) in [4.78, 5) is 26.3. The normalized spacial score (nSPS) is 17.2. The second-order valence-corrected chi connectivity index (χ2v) is 8.26. The first-order valence-corrected chi connectivity index (χ1v) is 10.8. The molecule has 1 aromatic heterocycles. The van der Waals surface area contributed by atoms with Gasteiger partial charge in [-0.25, -0.2) is 0 Å². The summed E-state index contributed by atoms with van der Waals surface area (Å²) in [6.07, 6.45) is 3.67. The smallest absolute Gasteiger partial charge is 0.277 e. The monoisotopic (exact) mass is 416 g/mol. The van der Waals surface area contributed by atoms with Gasteiger partial charge in [0.05, 0.1) is 12.9 Å².